The summed E-state index contributed by atoms with van der Waals surface area (Å²) in [6, 6.07) is 19.7. The van der Waals surface area contributed by atoms with Crippen molar-refractivity contribution in [1.29, 1.82) is 0 Å². The lowest BCUT2D eigenvalue weighted by Crippen LogP contribution is -2.27. The van der Waals surface area contributed by atoms with Crippen LogP contribution < -0.4 is 4.90 Å². The first-order valence-corrected chi connectivity index (χ1v) is 10.2. The van der Waals surface area contributed by atoms with Crippen molar-refractivity contribution < 1.29 is 0 Å². The second kappa shape index (κ2) is 11.0. The van der Waals surface area contributed by atoms with Gasteiger partial charge in [-0.05, 0) is 30.4 Å². The van der Waals surface area contributed by atoms with Crippen molar-refractivity contribution in [2.24, 2.45) is 5.92 Å². The minimum atomic E-state index is 0.864. The van der Waals surface area contributed by atoms with Gasteiger partial charge in [0.25, 0.3) is 0 Å². The first-order chi connectivity index (χ1) is 12.3. The molecule has 2 aromatic rings. The number of unbranched alkanes of at least 4 members (excludes halogenated alkanes) is 1. The molecular weight excluding hydrogens is 302 g/mol. The molecule has 2 rings (SSSR count). The Balaban J connectivity index is 2.17. The zero-order valence-electron chi connectivity index (χ0n) is 16.4. The van der Waals surface area contributed by atoms with Crippen molar-refractivity contribution in [3.63, 3.8) is 0 Å². The lowest BCUT2D eigenvalue weighted by atomic mass is 9.95. The van der Waals surface area contributed by atoms with Gasteiger partial charge < -0.3 is 4.90 Å². The Kier molecular flexibility index (Phi) is 8.59. The van der Waals surface area contributed by atoms with Gasteiger partial charge in [-0.2, -0.15) is 0 Å². The molecule has 1 heteroatoms. The van der Waals surface area contributed by atoms with Crippen LogP contribution in [0.5, 0.6) is 0 Å². The normalized spacial score (nSPS) is 12.1. The molecule has 0 aliphatic heterocycles. The molecule has 0 spiro atoms. The zero-order valence-corrected chi connectivity index (χ0v) is 16.4. The predicted molar refractivity (Wildman–Crippen MR) is 112 cm³/mol. The highest BCUT2D eigenvalue weighted by Crippen LogP contribution is 2.31. The van der Waals surface area contributed by atoms with Gasteiger partial charge in [0.15, 0.2) is 0 Å². The Morgan fingerprint density at radius 1 is 0.760 bits per heavy atom. The Bertz CT molecular complexity index is 590. The van der Waals surface area contributed by atoms with Crippen LogP contribution in [-0.2, 0) is 0 Å². The fourth-order valence-corrected chi connectivity index (χ4v) is 3.62. The summed E-state index contributed by atoms with van der Waals surface area (Å²) in [5.74, 6) is 0.864. The molecule has 0 aliphatic carbocycles. The molecular formula is C24H35N. The first kappa shape index (κ1) is 19.6. The molecule has 0 amide bonds. The minimum Gasteiger partial charge on any atom is -0.371 e. The van der Waals surface area contributed by atoms with E-state index in [1.54, 1.807) is 0 Å². The highest BCUT2D eigenvalue weighted by molar-refractivity contribution is 5.78. The second-order valence-electron chi connectivity index (χ2n) is 7.08. The smallest absolute Gasteiger partial charge is 0.0445 e. The van der Waals surface area contributed by atoms with Gasteiger partial charge >= 0.3 is 0 Å². The van der Waals surface area contributed by atoms with Crippen LogP contribution >= 0.6 is 0 Å². The van der Waals surface area contributed by atoms with Crippen LogP contribution in [0, 0.1) is 5.92 Å². The maximum absolute atomic E-state index is 2.61. The van der Waals surface area contributed by atoms with Crippen LogP contribution in [0.4, 0.5) is 5.69 Å². The summed E-state index contributed by atoms with van der Waals surface area (Å²) >= 11 is 0. The molecule has 0 radical (unpaired) electrons. The fourth-order valence-electron chi connectivity index (χ4n) is 3.62. The quantitative estimate of drug-likeness (QED) is 0.420. The van der Waals surface area contributed by atoms with Gasteiger partial charge in [-0.25, -0.2) is 0 Å². The van der Waals surface area contributed by atoms with Crippen molar-refractivity contribution >= 4 is 5.69 Å². The lowest BCUT2D eigenvalue weighted by molar-refractivity contribution is 0.421. The number of hydrogen-bond donors (Lipinski definition) is 0. The van der Waals surface area contributed by atoms with Gasteiger partial charge in [0, 0.05) is 24.3 Å². The molecule has 0 fully saturated rings. The summed E-state index contributed by atoms with van der Waals surface area (Å²) in [7, 11) is 0. The third-order valence-corrected chi connectivity index (χ3v) is 5.17. The third kappa shape index (κ3) is 5.92. The van der Waals surface area contributed by atoms with Crippen LogP contribution in [-0.4, -0.2) is 13.1 Å². The number of anilines is 1. The molecule has 0 bridgehead atoms. The Morgan fingerprint density at radius 2 is 1.48 bits per heavy atom. The lowest BCUT2D eigenvalue weighted by Gasteiger charge is -2.29. The molecule has 0 aliphatic rings. The SMILES string of the molecule is CCCCC(CC)CCN(CCC)c1ccccc1-c1ccccc1. The van der Waals surface area contributed by atoms with Gasteiger partial charge in [0.05, 0.1) is 0 Å². The summed E-state index contributed by atoms with van der Waals surface area (Å²) in [6.45, 7) is 9.23. The first-order valence-electron chi connectivity index (χ1n) is 10.2. The second-order valence-corrected chi connectivity index (χ2v) is 7.08. The van der Waals surface area contributed by atoms with E-state index in [9.17, 15) is 0 Å². The van der Waals surface area contributed by atoms with Gasteiger partial charge in [0.1, 0.15) is 0 Å². The highest BCUT2D eigenvalue weighted by atomic mass is 15.1. The molecule has 0 N–H and O–H groups in total. The molecule has 0 saturated heterocycles. The minimum absolute atomic E-state index is 0.864. The van der Waals surface area contributed by atoms with E-state index >= 15 is 0 Å². The molecule has 0 saturated carbocycles. The van der Waals surface area contributed by atoms with Crippen molar-refractivity contribution in [2.75, 3.05) is 18.0 Å². The number of nitrogens with zero attached hydrogens (tertiary/aromatic N) is 1. The Morgan fingerprint density at radius 3 is 2.16 bits per heavy atom. The van der Waals surface area contributed by atoms with E-state index < -0.39 is 0 Å². The van der Waals surface area contributed by atoms with Gasteiger partial charge in [-0.3, -0.25) is 0 Å². The molecule has 25 heavy (non-hydrogen) atoms. The molecule has 1 nitrogen and oxygen atoms in total. The molecule has 0 aromatic heterocycles. The van der Waals surface area contributed by atoms with E-state index in [-0.39, 0.29) is 0 Å². The number of rotatable bonds is 11. The van der Waals surface area contributed by atoms with E-state index in [0.29, 0.717) is 0 Å². The molecule has 1 atom stereocenters. The number of para-hydroxylation sites is 1. The molecule has 0 heterocycles. The largest absolute Gasteiger partial charge is 0.371 e. The van der Waals surface area contributed by atoms with Crippen LogP contribution in [0.2, 0.25) is 0 Å². The summed E-state index contributed by atoms with van der Waals surface area (Å²) in [4.78, 5) is 2.61. The highest BCUT2D eigenvalue weighted by Gasteiger charge is 2.14. The summed E-state index contributed by atoms with van der Waals surface area (Å²) in [6.07, 6.45) is 7.86. The molecule has 1 unspecified atom stereocenters. The fraction of sp³-hybridized carbons (Fsp3) is 0.500. The maximum atomic E-state index is 2.61. The van der Waals surface area contributed by atoms with Crippen LogP contribution in [0.15, 0.2) is 54.6 Å². The predicted octanol–water partition coefficient (Wildman–Crippen LogP) is 7.18. The van der Waals surface area contributed by atoms with E-state index in [1.807, 2.05) is 0 Å². The van der Waals surface area contributed by atoms with Gasteiger partial charge in [-0.15, -0.1) is 0 Å². The van der Waals surface area contributed by atoms with Gasteiger partial charge in [0.2, 0.25) is 0 Å². The zero-order chi connectivity index (χ0) is 17.9. The van der Waals surface area contributed by atoms with Gasteiger partial charge in [-0.1, -0.05) is 95.0 Å². The Hall–Kier alpha value is -1.76. The van der Waals surface area contributed by atoms with Crippen molar-refractivity contribution in [2.45, 2.75) is 59.3 Å². The van der Waals surface area contributed by atoms with Crippen LogP contribution in [0.25, 0.3) is 11.1 Å². The topological polar surface area (TPSA) is 3.24 Å². The summed E-state index contributed by atoms with van der Waals surface area (Å²) < 4.78 is 0. The molecule has 2 aromatic carbocycles. The number of hydrogen-bond acceptors (Lipinski definition) is 1. The van der Waals surface area contributed by atoms with Crippen molar-refractivity contribution in [3.05, 3.63) is 54.6 Å². The third-order valence-electron chi connectivity index (χ3n) is 5.17. The Labute approximate surface area is 155 Å². The standard InChI is InChI=1S/C24H35N/c1-4-7-13-21(6-3)18-20-25(19-5-2)24-17-12-11-16-23(24)22-14-9-8-10-15-22/h8-12,14-17,21H,4-7,13,18-20H2,1-3H3. The van der Waals surface area contributed by atoms with Crippen molar-refractivity contribution in [3.8, 4) is 11.1 Å². The van der Waals surface area contributed by atoms with E-state index in [0.717, 1.165) is 12.5 Å². The molecule has 136 valence electrons. The van der Waals surface area contributed by atoms with Crippen LogP contribution in [0.3, 0.4) is 0 Å². The average molecular weight is 338 g/mol. The van der Waals surface area contributed by atoms with E-state index in [1.165, 1.54) is 61.9 Å². The number of benzene rings is 2. The van der Waals surface area contributed by atoms with E-state index in [4.69, 9.17) is 0 Å². The van der Waals surface area contributed by atoms with Crippen LogP contribution in [0.1, 0.15) is 59.3 Å². The monoisotopic (exact) mass is 337 g/mol. The van der Waals surface area contributed by atoms with Crippen molar-refractivity contribution in [1.82, 2.24) is 0 Å². The maximum Gasteiger partial charge on any atom is 0.0445 e. The summed E-state index contributed by atoms with van der Waals surface area (Å²) in [5, 5.41) is 0. The summed E-state index contributed by atoms with van der Waals surface area (Å²) in [5.41, 5.74) is 4.07. The average Bonchev–Trinajstić information content (AvgIpc) is 2.68. The van der Waals surface area contributed by atoms with E-state index in [2.05, 4.69) is 80.3 Å².